The average molecular weight is 218 g/mol. The first-order valence-corrected chi connectivity index (χ1v) is 4.88. The molecule has 1 heterocycles. The molecule has 0 bridgehead atoms. The van der Waals surface area contributed by atoms with Gasteiger partial charge in [-0.25, -0.2) is 8.78 Å². The first-order chi connectivity index (χ1) is 6.93. The van der Waals surface area contributed by atoms with Crippen molar-refractivity contribution in [3.8, 4) is 0 Å². The number of carbonyl (C=O) groups is 2. The second kappa shape index (κ2) is 3.15. The third-order valence-electron chi connectivity index (χ3n) is 3.02. The van der Waals surface area contributed by atoms with Crippen LogP contribution in [0.25, 0.3) is 0 Å². The maximum atomic E-state index is 12.8. The molecule has 1 saturated heterocycles. The Kier molecular flexibility index (Phi) is 2.17. The Labute approximate surface area is 85.4 Å². The summed E-state index contributed by atoms with van der Waals surface area (Å²) in [5.41, 5.74) is 0. The van der Waals surface area contributed by atoms with Gasteiger partial charge in [-0.2, -0.15) is 0 Å². The van der Waals surface area contributed by atoms with Gasteiger partial charge in [0, 0.05) is 18.9 Å². The summed E-state index contributed by atoms with van der Waals surface area (Å²) in [4.78, 5) is 22.2. The van der Waals surface area contributed by atoms with Crippen LogP contribution in [0.3, 0.4) is 0 Å². The lowest BCUT2D eigenvalue weighted by molar-refractivity contribution is -0.125. The largest absolute Gasteiger partial charge is 0.354 e. The Morgan fingerprint density at radius 1 is 1.60 bits per heavy atom. The predicted octanol–water partition coefficient (Wildman–Crippen LogP) is -0.108. The van der Waals surface area contributed by atoms with E-state index in [-0.39, 0.29) is 18.4 Å². The number of carbonyl (C=O) groups excluding carboxylic acids is 2. The van der Waals surface area contributed by atoms with Crippen LogP contribution in [0.15, 0.2) is 0 Å². The molecule has 2 rings (SSSR count). The van der Waals surface area contributed by atoms with Crippen molar-refractivity contribution >= 4 is 11.8 Å². The van der Waals surface area contributed by atoms with Gasteiger partial charge in [-0.05, 0) is 0 Å². The van der Waals surface area contributed by atoms with E-state index >= 15 is 0 Å². The fraction of sp³-hybridized carbons (Fsp3) is 0.778. The minimum absolute atomic E-state index is 0.157. The van der Waals surface area contributed by atoms with Crippen molar-refractivity contribution in [2.75, 3.05) is 6.54 Å². The second-order valence-electron chi connectivity index (χ2n) is 4.15. The quantitative estimate of drug-likeness (QED) is 0.679. The van der Waals surface area contributed by atoms with Crippen molar-refractivity contribution in [3.05, 3.63) is 0 Å². The number of halogens is 2. The van der Waals surface area contributed by atoms with Gasteiger partial charge in [0.1, 0.15) is 5.92 Å². The van der Waals surface area contributed by atoms with Crippen molar-refractivity contribution in [1.29, 1.82) is 0 Å². The van der Waals surface area contributed by atoms with E-state index in [1.807, 2.05) is 0 Å². The lowest BCUT2D eigenvalue weighted by atomic mass is 10.2. The molecule has 0 aromatic rings. The third-order valence-corrected chi connectivity index (χ3v) is 3.02. The van der Waals surface area contributed by atoms with Crippen molar-refractivity contribution < 1.29 is 18.4 Å². The Hall–Kier alpha value is -1.20. The van der Waals surface area contributed by atoms with Gasteiger partial charge in [0.15, 0.2) is 0 Å². The molecular formula is C9H12F2N2O2. The highest BCUT2D eigenvalue weighted by molar-refractivity contribution is 5.85. The Morgan fingerprint density at radius 2 is 2.20 bits per heavy atom. The van der Waals surface area contributed by atoms with Crippen LogP contribution in [-0.4, -0.2) is 30.3 Å². The normalized spacial score (nSPS) is 37.3. The molecule has 0 aromatic carbocycles. The number of amides is 2. The highest BCUT2D eigenvalue weighted by Gasteiger charge is 2.69. The van der Waals surface area contributed by atoms with Gasteiger partial charge in [0.2, 0.25) is 11.8 Å². The number of hydrogen-bond donors (Lipinski definition) is 2. The summed E-state index contributed by atoms with van der Waals surface area (Å²) in [5.74, 6) is -5.78. The summed E-state index contributed by atoms with van der Waals surface area (Å²) in [6.45, 7) is 1.68. The van der Waals surface area contributed by atoms with Gasteiger partial charge in [-0.1, -0.05) is 6.92 Å². The summed E-state index contributed by atoms with van der Waals surface area (Å²) < 4.78 is 25.7. The molecule has 0 radical (unpaired) electrons. The van der Waals surface area contributed by atoms with Crippen molar-refractivity contribution in [2.24, 2.45) is 11.8 Å². The highest BCUT2D eigenvalue weighted by Crippen LogP contribution is 2.54. The molecule has 1 saturated carbocycles. The SMILES string of the molecule is C[C@@H]1[C@@H](C(=O)NC2CNC(=O)C2)C1(F)F. The zero-order valence-electron chi connectivity index (χ0n) is 8.22. The number of rotatable bonds is 2. The molecule has 1 unspecified atom stereocenters. The summed E-state index contributed by atoms with van der Waals surface area (Å²) in [6, 6.07) is -0.339. The molecule has 2 amide bonds. The van der Waals surface area contributed by atoms with Gasteiger partial charge in [0.05, 0.1) is 6.04 Å². The van der Waals surface area contributed by atoms with E-state index in [1.54, 1.807) is 0 Å². The first-order valence-electron chi connectivity index (χ1n) is 4.88. The van der Waals surface area contributed by atoms with Crippen molar-refractivity contribution in [2.45, 2.75) is 25.3 Å². The molecule has 15 heavy (non-hydrogen) atoms. The van der Waals surface area contributed by atoms with E-state index in [1.165, 1.54) is 6.92 Å². The molecule has 1 aliphatic carbocycles. The minimum atomic E-state index is -2.87. The minimum Gasteiger partial charge on any atom is -0.354 e. The third kappa shape index (κ3) is 1.68. The molecule has 2 aliphatic rings. The molecule has 2 fully saturated rings. The average Bonchev–Trinajstić information content (AvgIpc) is 2.46. The molecule has 0 aromatic heterocycles. The number of alkyl halides is 2. The van der Waals surface area contributed by atoms with Gasteiger partial charge in [-0.3, -0.25) is 9.59 Å². The molecule has 3 atom stereocenters. The summed E-state index contributed by atoms with van der Waals surface area (Å²) >= 11 is 0. The molecule has 2 N–H and O–H groups in total. The summed E-state index contributed by atoms with van der Waals surface area (Å²) in [6.07, 6.45) is 0.179. The first kappa shape index (κ1) is 10.3. The summed E-state index contributed by atoms with van der Waals surface area (Å²) in [5, 5.41) is 4.98. The van der Waals surface area contributed by atoms with Crippen LogP contribution in [0.2, 0.25) is 0 Å². The topological polar surface area (TPSA) is 58.2 Å². The Bertz CT molecular complexity index is 319. The fourth-order valence-corrected chi connectivity index (χ4v) is 1.88. The van der Waals surface area contributed by atoms with E-state index in [0.717, 1.165) is 0 Å². The van der Waals surface area contributed by atoms with Crippen LogP contribution in [0.1, 0.15) is 13.3 Å². The van der Waals surface area contributed by atoms with Crippen LogP contribution in [-0.2, 0) is 9.59 Å². The van der Waals surface area contributed by atoms with Crippen LogP contribution in [0, 0.1) is 11.8 Å². The Balaban J connectivity index is 1.86. The lowest BCUT2D eigenvalue weighted by Crippen LogP contribution is -2.38. The van der Waals surface area contributed by atoms with Crippen LogP contribution < -0.4 is 10.6 Å². The van der Waals surface area contributed by atoms with Crippen molar-refractivity contribution in [1.82, 2.24) is 10.6 Å². The lowest BCUT2D eigenvalue weighted by Gasteiger charge is -2.09. The van der Waals surface area contributed by atoms with Crippen LogP contribution in [0.4, 0.5) is 8.78 Å². The van der Waals surface area contributed by atoms with Gasteiger partial charge >= 0.3 is 0 Å². The van der Waals surface area contributed by atoms with E-state index in [4.69, 9.17) is 0 Å². The molecule has 4 nitrogen and oxygen atoms in total. The zero-order valence-corrected chi connectivity index (χ0v) is 8.22. The van der Waals surface area contributed by atoms with E-state index in [2.05, 4.69) is 10.6 Å². The number of nitrogens with one attached hydrogen (secondary N) is 2. The van der Waals surface area contributed by atoms with E-state index < -0.39 is 23.7 Å². The maximum absolute atomic E-state index is 12.8. The van der Waals surface area contributed by atoms with Crippen LogP contribution in [0.5, 0.6) is 0 Å². The molecule has 1 aliphatic heterocycles. The molecule has 6 heteroatoms. The summed E-state index contributed by atoms with van der Waals surface area (Å²) in [7, 11) is 0. The van der Waals surface area contributed by atoms with Crippen LogP contribution >= 0.6 is 0 Å². The fourth-order valence-electron chi connectivity index (χ4n) is 1.88. The van der Waals surface area contributed by atoms with Gasteiger partial charge < -0.3 is 10.6 Å². The van der Waals surface area contributed by atoms with Gasteiger partial charge in [0.25, 0.3) is 5.92 Å². The second-order valence-corrected chi connectivity index (χ2v) is 4.15. The Morgan fingerprint density at radius 3 is 2.60 bits per heavy atom. The zero-order chi connectivity index (χ0) is 11.2. The van der Waals surface area contributed by atoms with E-state index in [9.17, 15) is 18.4 Å². The smallest absolute Gasteiger partial charge is 0.263 e. The van der Waals surface area contributed by atoms with Gasteiger partial charge in [-0.15, -0.1) is 0 Å². The number of hydrogen-bond acceptors (Lipinski definition) is 2. The highest BCUT2D eigenvalue weighted by atomic mass is 19.3. The monoisotopic (exact) mass is 218 g/mol. The molecular weight excluding hydrogens is 206 g/mol. The standard InChI is InChI=1S/C9H12F2N2O2/c1-4-7(9(4,10)11)8(15)13-5-2-6(14)12-3-5/h4-5,7H,2-3H2,1H3,(H,12,14)(H,13,15)/t4-,5?,7+/m1/s1. The van der Waals surface area contributed by atoms with E-state index in [0.29, 0.717) is 6.54 Å². The van der Waals surface area contributed by atoms with Crippen molar-refractivity contribution in [3.63, 3.8) is 0 Å². The predicted molar refractivity (Wildman–Crippen MR) is 47.2 cm³/mol. The maximum Gasteiger partial charge on any atom is 0.263 e. The molecule has 84 valence electrons. The molecule has 0 spiro atoms.